The standard InChI is InChI=1S/C15H14N4O5S/c1-8-11(12-14(24-8)17-7-19(2)15(12)21)13(20)18-9-3-5-10(6-4-9)25(16,22)23/h3-7H,1-2H3,(H,18,20)(H2,16,22,23). The molecule has 0 spiro atoms. The highest BCUT2D eigenvalue weighted by molar-refractivity contribution is 7.89. The molecule has 0 aliphatic heterocycles. The molecule has 0 saturated carbocycles. The number of fused-ring (bicyclic) bond motifs is 1. The molecular formula is C15H14N4O5S. The first kappa shape index (κ1) is 16.9. The van der Waals surface area contributed by atoms with Crippen LogP contribution in [0.15, 0.2) is 44.7 Å². The minimum atomic E-state index is -3.82. The van der Waals surface area contributed by atoms with E-state index in [0.29, 0.717) is 5.69 Å². The van der Waals surface area contributed by atoms with Crippen LogP contribution >= 0.6 is 0 Å². The number of amides is 1. The molecule has 0 radical (unpaired) electrons. The van der Waals surface area contributed by atoms with Gasteiger partial charge in [-0.05, 0) is 31.2 Å². The number of nitrogens with zero attached hydrogens (tertiary/aromatic N) is 2. The van der Waals surface area contributed by atoms with Crippen molar-refractivity contribution >= 4 is 32.7 Å². The predicted octanol–water partition coefficient (Wildman–Crippen LogP) is 0.735. The lowest BCUT2D eigenvalue weighted by atomic mass is 10.1. The van der Waals surface area contributed by atoms with E-state index >= 15 is 0 Å². The normalized spacial score (nSPS) is 11.6. The molecule has 0 unspecified atom stereocenters. The van der Waals surface area contributed by atoms with E-state index in [0.717, 1.165) is 0 Å². The van der Waals surface area contributed by atoms with Crippen molar-refractivity contribution in [3.8, 4) is 0 Å². The summed E-state index contributed by atoms with van der Waals surface area (Å²) >= 11 is 0. The van der Waals surface area contributed by atoms with Gasteiger partial charge >= 0.3 is 0 Å². The minimum absolute atomic E-state index is 0.0755. The molecule has 25 heavy (non-hydrogen) atoms. The van der Waals surface area contributed by atoms with Gasteiger partial charge in [0.2, 0.25) is 15.7 Å². The first-order valence-corrected chi connectivity index (χ1v) is 8.62. The van der Waals surface area contributed by atoms with Gasteiger partial charge in [-0.15, -0.1) is 0 Å². The van der Waals surface area contributed by atoms with Gasteiger partial charge in [-0.3, -0.25) is 9.59 Å². The Morgan fingerprint density at radius 1 is 1.28 bits per heavy atom. The number of primary sulfonamides is 1. The molecule has 1 amide bonds. The smallest absolute Gasteiger partial charge is 0.265 e. The van der Waals surface area contributed by atoms with Gasteiger partial charge in [0.1, 0.15) is 17.5 Å². The molecule has 3 rings (SSSR count). The molecule has 0 fully saturated rings. The summed E-state index contributed by atoms with van der Waals surface area (Å²) in [5.74, 6) is -0.311. The maximum absolute atomic E-state index is 12.6. The average Bonchev–Trinajstić information content (AvgIpc) is 2.87. The second-order valence-electron chi connectivity index (χ2n) is 5.40. The molecule has 9 nitrogen and oxygen atoms in total. The van der Waals surface area contributed by atoms with Crippen LogP contribution in [0.2, 0.25) is 0 Å². The Balaban J connectivity index is 2.00. The van der Waals surface area contributed by atoms with Crippen LogP contribution in [0.4, 0.5) is 5.69 Å². The molecule has 0 bridgehead atoms. The van der Waals surface area contributed by atoms with Crippen molar-refractivity contribution < 1.29 is 17.6 Å². The molecule has 3 N–H and O–H groups in total. The number of benzene rings is 1. The highest BCUT2D eigenvalue weighted by Gasteiger charge is 2.22. The van der Waals surface area contributed by atoms with Gasteiger partial charge in [-0.1, -0.05) is 0 Å². The van der Waals surface area contributed by atoms with Gasteiger partial charge in [-0.2, -0.15) is 0 Å². The monoisotopic (exact) mass is 362 g/mol. The van der Waals surface area contributed by atoms with Gasteiger partial charge in [0.15, 0.2) is 0 Å². The van der Waals surface area contributed by atoms with E-state index in [9.17, 15) is 18.0 Å². The van der Waals surface area contributed by atoms with Gasteiger partial charge in [-0.25, -0.2) is 18.5 Å². The molecular weight excluding hydrogens is 348 g/mol. The summed E-state index contributed by atoms with van der Waals surface area (Å²) in [6, 6.07) is 5.33. The Kier molecular flexibility index (Phi) is 3.93. The highest BCUT2D eigenvalue weighted by Crippen LogP contribution is 2.22. The summed E-state index contributed by atoms with van der Waals surface area (Å²) in [7, 11) is -2.30. The summed E-state index contributed by atoms with van der Waals surface area (Å²) in [5, 5.41) is 7.70. The number of aromatic nitrogens is 2. The van der Waals surface area contributed by atoms with Crippen molar-refractivity contribution in [3.05, 3.63) is 52.3 Å². The largest absolute Gasteiger partial charge is 0.442 e. The van der Waals surface area contributed by atoms with Crippen molar-refractivity contribution in [2.24, 2.45) is 12.2 Å². The zero-order chi connectivity index (χ0) is 18.4. The van der Waals surface area contributed by atoms with Crippen molar-refractivity contribution in [2.75, 3.05) is 5.32 Å². The Hall–Kier alpha value is -2.98. The van der Waals surface area contributed by atoms with Crippen LogP contribution in [-0.4, -0.2) is 23.9 Å². The fourth-order valence-corrected chi connectivity index (χ4v) is 2.90. The molecule has 0 aliphatic carbocycles. The van der Waals surface area contributed by atoms with E-state index < -0.39 is 21.5 Å². The molecule has 0 aliphatic rings. The maximum Gasteiger partial charge on any atom is 0.265 e. The summed E-state index contributed by atoms with van der Waals surface area (Å²) in [5.41, 5.74) is 0.0954. The molecule has 3 aromatic rings. The van der Waals surface area contributed by atoms with Crippen LogP contribution < -0.4 is 16.0 Å². The third kappa shape index (κ3) is 3.04. The van der Waals surface area contributed by atoms with Crippen LogP contribution in [0.5, 0.6) is 0 Å². The van der Waals surface area contributed by atoms with Gasteiger partial charge < -0.3 is 14.3 Å². The van der Waals surface area contributed by atoms with Crippen LogP contribution in [-0.2, 0) is 17.1 Å². The number of anilines is 1. The quantitative estimate of drug-likeness (QED) is 0.705. The van der Waals surface area contributed by atoms with Crippen molar-refractivity contribution in [1.29, 1.82) is 0 Å². The number of hydrogen-bond acceptors (Lipinski definition) is 6. The molecule has 1 aromatic carbocycles. The zero-order valence-corrected chi connectivity index (χ0v) is 14.1. The molecule has 0 saturated heterocycles. The van der Waals surface area contributed by atoms with E-state index in [2.05, 4.69) is 10.3 Å². The van der Waals surface area contributed by atoms with Gasteiger partial charge in [0.05, 0.1) is 10.5 Å². The molecule has 2 aromatic heterocycles. The Labute approximate surface area is 142 Å². The summed E-state index contributed by atoms with van der Waals surface area (Å²) in [4.78, 5) is 28.8. The number of rotatable bonds is 3. The topological polar surface area (TPSA) is 137 Å². The Bertz CT molecular complexity index is 1140. The fraction of sp³-hybridized carbons (Fsp3) is 0.133. The van der Waals surface area contributed by atoms with Crippen LogP contribution in [0, 0.1) is 6.92 Å². The summed E-state index contributed by atoms with van der Waals surface area (Å²) in [6.45, 7) is 1.56. The van der Waals surface area contributed by atoms with E-state index in [1.807, 2.05) is 0 Å². The van der Waals surface area contributed by atoms with Gasteiger partial charge in [0, 0.05) is 12.7 Å². The number of nitrogens with two attached hydrogens (primary N) is 1. The second-order valence-corrected chi connectivity index (χ2v) is 6.96. The minimum Gasteiger partial charge on any atom is -0.442 e. The third-order valence-corrected chi connectivity index (χ3v) is 4.55. The predicted molar refractivity (Wildman–Crippen MR) is 89.8 cm³/mol. The first-order valence-electron chi connectivity index (χ1n) is 7.07. The lowest BCUT2D eigenvalue weighted by molar-refractivity contribution is 0.102. The van der Waals surface area contributed by atoms with Crippen molar-refractivity contribution in [2.45, 2.75) is 11.8 Å². The molecule has 130 valence electrons. The van der Waals surface area contributed by atoms with Gasteiger partial charge in [0.25, 0.3) is 11.5 Å². The molecule has 2 heterocycles. The van der Waals surface area contributed by atoms with E-state index in [1.54, 1.807) is 6.92 Å². The molecule has 10 heteroatoms. The lowest BCUT2D eigenvalue weighted by Crippen LogP contribution is -2.20. The first-order chi connectivity index (χ1) is 11.7. The molecule has 0 atom stereocenters. The Morgan fingerprint density at radius 2 is 1.92 bits per heavy atom. The number of carbonyl (C=O) groups is 1. The SMILES string of the molecule is Cc1oc2ncn(C)c(=O)c2c1C(=O)Nc1ccc(S(N)(=O)=O)cc1. The maximum atomic E-state index is 12.6. The van der Waals surface area contributed by atoms with Crippen molar-refractivity contribution in [1.82, 2.24) is 9.55 Å². The van der Waals surface area contributed by atoms with Crippen LogP contribution in [0.3, 0.4) is 0 Å². The third-order valence-electron chi connectivity index (χ3n) is 3.62. The van der Waals surface area contributed by atoms with Crippen molar-refractivity contribution in [3.63, 3.8) is 0 Å². The number of aryl methyl sites for hydroxylation is 2. The number of sulfonamides is 1. The van der Waals surface area contributed by atoms with Crippen LogP contribution in [0.1, 0.15) is 16.1 Å². The van der Waals surface area contributed by atoms with E-state index in [1.165, 1.54) is 42.2 Å². The van der Waals surface area contributed by atoms with E-state index in [-0.39, 0.29) is 27.3 Å². The lowest BCUT2D eigenvalue weighted by Gasteiger charge is -2.06. The number of furan rings is 1. The number of carbonyl (C=O) groups excluding carboxylic acids is 1. The Morgan fingerprint density at radius 3 is 2.52 bits per heavy atom. The summed E-state index contributed by atoms with van der Waals surface area (Å²) in [6.07, 6.45) is 1.31. The average molecular weight is 362 g/mol. The fourth-order valence-electron chi connectivity index (χ4n) is 2.38. The number of nitrogens with one attached hydrogen (secondary N) is 1. The van der Waals surface area contributed by atoms with E-state index in [4.69, 9.17) is 9.56 Å². The second kappa shape index (κ2) is 5.83. The zero-order valence-electron chi connectivity index (χ0n) is 13.3. The highest BCUT2D eigenvalue weighted by atomic mass is 32.2. The number of hydrogen-bond donors (Lipinski definition) is 2. The van der Waals surface area contributed by atoms with Crippen LogP contribution in [0.25, 0.3) is 11.1 Å². The summed E-state index contributed by atoms with van der Waals surface area (Å²) < 4.78 is 29.1.